The molecule has 140 valence electrons. The summed E-state index contributed by atoms with van der Waals surface area (Å²) in [4.78, 5) is 26.1. The Kier molecular flexibility index (Phi) is 4.56. The van der Waals surface area contributed by atoms with E-state index in [1.807, 2.05) is 6.07 Å². The SMILES string of the molecule is O=C(NC1(Cc2cccc(F)c2)CCC1)c1cccc(N2CCOC2=O)c1. The minimum absolute atomic E-state index is 0.180. The van der Waals surface area contributed by atoms with Crippen LogP contribution in [0.4, 0.5) is 14.9 Å². The highest BCUT2D eigenvalue weighted by atomic mass is 19.1. The number of amides is 2. The van der Waals surface area contributed by atoms with Crippen molar-refractivity contribution in [3.05, 3.63) is 65.5 Å². The maximum Gasteiger partial charge on any atom is 0.414 e. The fourth-order valence-electron chi connectivity index (χ4n) is 3.74. The van der Waals surface area contributed by atoms with E-state index in [2.05, 4.69) is 5.32 Å². The Balaban J connectivity index is 1.50. The summed E-state index contributed by atoms with van der Waals surface area (Å²) in [5, 5.41) is 3.15. The molecule has 1 aliphatic heterocycles. The van der Waals surface area contributed by atoms with Crippen LogP contribution in [-0.2, 0) is 11.2 Å². The molecule has 1 saturated carbocycles. The Hall–Kier alpha value is -2.89. The Morgan fingerprint density at radius 1 is 1.19 bits per heavy atom. The average Bonchev–Trinajstić information content (AvgIpc) is 3.06. The lowest BCUT2D eigenvalue weighted by atomic mass is 9.72. The van der Waals surface area contributed by atoms with Crippen molar-refractivity contribution in [1.29, 1.82) is 0 Å². The van der Waals surface area contributed by atoms with Crippen molar-refractivity contribution in [2.24, 2.45) is 0 Å². The van der Waals surface area contributed by atoms with Gasteiger partial charge in [-0.25, -0.2) is 9.18 Å². The molecule has 0 aromatic heterocycles. The van der Waals surface area contributed by atoms with Crippen molar-refractivity contribution in [1.82, 2.24) is 5.32 Å². The number of nitrogens with zero attached hydrogens (tertiary/aromatic N) is 1. The first-order valence-corrected chi connectivity index (χ1v) is 9.16. The van der Waals surface area contributed by atoms with Gasteiger partial charge in [0, 0.05) is 16.8 Å². The van der Waals surface area contributed by atoms with E-state index < -0.39 is 6.09 Å². The van der Waals surface area contributed by atoms with Gasteiger partial charge in [0.05, 0.1) is 6.54 Å². The van der Waals surface area contributed by atoms with Gasteiger partial charge in [0.2, 0.25) is 0 Å². The molecule has 5 nitrogen and oxygen atoms in total. The average molecular weight is 368 g/mol. The van der Waals surface area contributed by atoms with E-state index >= 15 is 0 Å². The van der Waals surface area contributed by atoms with Gasteiger partial charge in [0.25, 0.3) is 5.91 Å². The number of rotatable bonds is 5. The molecular formula is C21H21FN2O3. The summed E-state index contributed by atoms with van der Waals surface area (Å²) in [7, 11) is 0. The third-order valence-corrected chi connectivity index (χ3v) is 5.30. The van der Waals surface area contributed by atoms with Crippen LogP contribution in [0, 0.1) is 5.82 Å². The minimum atomic E-state index is -0.394. The minimum Gasteiger partial charge on any atom is -0.447 e. The van der Waals surface area contributed by atoms with Crippen molar-refractivity contribution in [2.45, 2.75) is 31.2 Å². The summed E-state index contributed by atoms with van der Waals surface area (Å²) >= 11 is 0. The number of hydrogen-bond donors (Lipinski definition) is 1. The summed E-state index contributed by atoms with van der Waals surface area (Å²) in [5.74, 6) is -0.445. The fraction of sp³-hybridized carbons (Fsp3) is 0.333. The molecule has 2 aliphatic rings. The highest BCUT2D eigenvalue weighted by molar-refractivity contribution is 5.97. The zero-order valence-corrected chi connectivity index (χ0v) is 14.9. The highest BCUT2D eigenvalue weighted by Gasteiger charge is 2.38. The maximum absolute atomic E-state index is 13.5. The molecule has 4 rings (SSSR count). The Bertz CT molecular complexity index is 879. The zero-order chi connectivity index (χ0) is 18.9. The molecule has 1 saturated heterocycles. The van der Waals surface area contributed by atoms with Crippen LogP contribution in [0.5, 0.6) is 0 Å². The van der Waals surface area contributed by atoms with E-state index in [-0.39, 0.29) is 17.3 Å². The summed E-state index contributed by atoms with van der Waals surface area (Å²) in [6.45, 7) is 0.833. The van der Waals surface area contributed by atoms with Gasteiger partial charge in [-0.2, -0.15) is 0 Å². The number of hydrogen-bond acceptors (Lipinski definition) is 3. The number of benzene rings is 2. The molecule has 2 amide bonds. The molecule has 0 radical (unpaired) electrons. The molecular weight excluding hydrogens is 347 g/mol. The first kappa shape index (κ1) is 17.5. The summed E-state index contributed by atoms with van der Waals surface area (Å²) in [6.07, 6.45) is 2.99. The lowest BCUT2D eigenvalue weighted by molar-refractivity contribution is 0.0826. The standard InChI is InChI=1S/C21H21FN2O3/c22-17-6-1-4-15(12-17)14-21(8-3-9-21)23-19(25)16-5-2-7-18(13-16)24-10-11-27-20(24)26/h1-2,4-7,12-13H,3,8-11,14H2,(H,23,25). The molecule has 2 aromatic rings. The Labute approximate surface area is 157 Å². The van der Waals surface area contributed by atoms with Crippen LogP contribution in [0.25, 0.3) is 0 Å². The van der Waals surface area contributed by atoms with E-state index in [0.717, 1.165) is 24.8 Å². The Morgan fingerprint density at radius 3 is 2.67 bits per heavy atom. The quantitative estimate of drug-likeness (QED) is 0.876. The number of cyclic esters (lactones) is 1. The number of ether oxygens (including phenoxy) is 1. The van der Waals surface area contributed by atoms with Crippen LogP contribution in [0.3, 0.4) is 0 Å². The van der Waals surface area contributed by atoms with Gasteiger partial charge in [-0.1, -0.05) is 18.2 Å². The molecule has 1 N–H and O–H groups in total. The van der Waals surface area contributed by atoms with E-state index in [4.69, 9.17) is 4.74 Å². The second kappa shape index (κ2) is 7.02. The molecule has 1 aliphatic carbocycles. The van der Waals surface area contributed by atoms with Crippen LogP contribution < -0.4 is 10.2 Å². The maximum atomic E-state index is 13.5. The molecule has 0 spiro atoms. The fourth-order valence-corrected chi connectivity index (χ4v) is 3.74. The monoisotopic (exact) mass is 368 g/mol. The molecule has 6 heteroatoms. The van der Waals surface area contributed by atoms with Gasteiger partial charge >= 0.3 is 6.09 Å². The second-order valence-electron chi connectivity index (χ2n) is 7.21. The molecule has 2 fully saturated rings. The molecule has 2 aromatic carbocycles. The first-order chi connectivity index (χ1) is 13.0. The summed E-state index contributed by atoms with van der Waals surface area (Å²) in [5.41, 5.74) is 1.69. The topological polar surface area (TPSA) is 58.6 Å². The third-order valence-electron chi connectivity index (χ3n) is 5.30. The number of carbonyl (C=O) groups excluding carboxylic acids is 2. The Morgan fingerprint density at radius 2 is 2.00 bits per heavy atom. The van der Waals surface area contributed by atoms with Crippen molar-refractivity contribution in [3.63, 3.8) is 0 Å². The lowest BCUT2D eigenvalue weighted by Gasteiger charge is -2.43. The van der Waals surface area contributed by atoms with Crippen LogP contribution in [0.15, 0.2) is 48.5 Å². The second-order valence-corrected chi connectivity index (χ2v) is 7.21. The van der Waals surface area contributed by atoms with Crippen LogP contribution in [-0.4, -0.2) is 30.7 Å². The highest BCUT2D eigenvalue weighted by Crippen LogP contribution is 2.35. The van der Waals surface area contributed by atoms with Crippen molar-refractivity contribution in [3.8, 4) is 0 Å². The van der Waals surface area contributed by atoms with Gasteiger partial charge in [-0.05, 0) is 61.6 Å². The number of anilines is 1. The smallest absolute Gasteiger partial charge is 0.414 e. The van der Waals surface area contributed by atoms with E-state index in [1.165, 1.54) is 17.0 Å². The molecule has 0 unspecified atom stereocenters. The third kappa shape index (κ3) is 3.65. The van der Waals surface area contributed by atoms with Gasteiger partial charge in [0.15, 0.2) is 0 Å². The number of carbonyl (C=O) groups is 2. The summed E-state index contributed by atoms with van der Waals surface area (Å²) < 4.78 is 18.4. The van der Waals surface area contributed by atoms with Gasteiger partial charge in [0.1, 0.15) is 12.4 Å². The van der Waals surface area contributed by atoms with E-state index in [0.29, 0.717) is 30.8 Å². The molecule has 1 heterocycles. The lowest BCUT2D eigenvalue weighted by Crippen LogP contribution is -2.55. The number of halogens is 1. The normalized spacial score (nSPS) is 18.0. The zero-order valence-electron chi connectivity index (χ0n) is 14.9. The first-order valence-electron chi connectivity index (χ1n) is 9.16. The summed E-state index contributed by atoms with van der Waals surface area (Å²) in [6, 6.07) is 13.5. The molecule has 0 atom stereocenters. The van der Waals surface area contributed by atoms with Crippen LogP contribution >= 0.6 is 0 Å². The van der Waals surface area contributed by atoms with Crippen molar-refractivity contribution >= 4 is 17.7 Å². The molecule has 27 heavy (non-hydrogen) atoms. The van der Waals surface area contributed by atoms with Crippen LogP contribution in [0.1, 0.15) is 35.2 Å². The predicted molar refractivity (Wildman–Crippen MR) is 99.3 cm³/mol. The van der Waals surface area contributed by atoms with E-state index in [9.17, 15) is 14.0 Å². The van der Waals surface area contributed by atoms with Gasteiger partial charge < -0.3 is 10.1 Å². The van der Waals surface area contributed by atoms with Gasteiger partial charge in [-0.15, -0.1) is 0 Å². The van der Waals surface area contributed by atoms with Gasteiger partial charge in [-0.3, -0.25) is 9.69 Å². The number of nitrogens with one attached hydrogen (secondary N) is 1. The molecule has 0 bridgehead atoms. The predicted octanol–water partition coefficient (Wildman–Crippen LogP) is 3.68. The van der Waals surface area contributed by atoms with Crippen molar-refractivity contribution < 1.29 is 18.7 Å². The van der Waals surface area contributed by atoms with Crippen molar-refractivity contribution in [2.75, 3.05) is 18.1 Å². The van der Waals surface area contributed by atoms with Crippen LogP contribution in [0.2, 0.25) is 0 Å². The van der Waals surface area contributed by atoms with E-state index in [1.54, 1.807) is 30.3 Å². The largest absolute Gasteiger partial charge is 0.447 e.